The Balaban J connectivity index is 2.83. The molecule has 0 heterocycles. The first-order valence-electron chi connectivity index (χ1n) is 4.18. The van der Waals surface area contributed by atoms with Crippen molar-refractivity contribution in [1.29, 1.82) is 0 Å². The quantitative estimate of drug-likeness (QED) is 0.694. The van der Waals surface area contributed by atoms with E-state index in [1.54, 1.807) is 18.2 Å². The third-order valence-electron chi connectivity index (χ3n) is 1.70. The Hall–Kier alpha value is -1.15. The average Bonchev–Trinajstić information content (AvgIpc) is 2.04. The molecule has 1 aromatic rings. The van der Waals surface area contributed by atoms with Crippen molar-refractivity contribution in [2.24, 2.45) is 0 Å². The minimum Gasteiger partial charge on any atom is -0.384 e. The molecule has 1 atom stereocenters. The third kappa shape index (κ3) is 2.99. The largest absolute Gasteiger partial charge is 0.384 e. The summed E-state index contributed by atoms with van der Waals surface area (Å²) >= 11 is 0. The van der Waals surface area contributed by atoms with E-state index in [1.807, 2.05) is 13.8 Å². The summed E-state index contributed by atoms with van der Waals surface area (Å²) in [5.41, 5.74) is 1.75. The predicted octanol–water partition coefficient (Wildman–Crippen LogP) is 2.83. The molecule has 0 aromatic heterocycles. The van der Waals surface area contributed by atoms with Crippen LogP contribution in [-0.2, 0) is 0 Å². The minimum atomic E-state index is -0.634. The highest BCUT2D eigenvalue weighted by Gasteiger charge is 2.02. The van der Waals surface area contributed by atoms with E-state index >= 15 is 0 Å². The first-order chi connectivity index (χ1) is 6.09. The first kappa shape index (κ1) is 9.93. The van der Waals surface area contributed by atoms with Crippen molar-refractivity contribution in [3.05, 3.63) is 47.3 Å². The van der Waals surface area contributed by atoms with Gasteiger partial charge in [-0.05, 0) is 31.5 Å². The van der Waals surface area contributed by atoms with Crippen molar-refractivity contribution in [1.82, 2.24) is 0 Å². The Kier molecular flexibility index (Phi) is 3.20. The smallest absolute Gasteiger partial charge is 0.123 e. The topological polar surface area (TPSA) is 20.2 Å². The van der Waals surface area contributed by atoms with Crippen molar-refractivity contribution in [2.75, 3.05) is 0 Å². The summed E-state index contributed by atoms with van der Waals surface area (Å²) in [4.78, 5) is 0. The number of rotatable bonds is 2. The van der Waals surface area contributed by atoms with Gasteiger partial charge in [-0.3, -0.25) is 0 Å². The molecule has 1 unspecified atom stereocenters. The van der Waals surface area contributed by atoms with Gasteiger partial charge in [0.05, 0.1) is 6.10 Å². The molecule has 0 saturated carbocycles. The summed E-state index contributed by atoms with van der Waals surface area (Å²) in [6.07, 6.45) is 1.10. The number of allylic oxidation sites excluding steroid dienone is 1. The molecular formula is C11H13FO. The fourth-order valence-corrected chi connectivity index (χ4v) is 1.07. The highest BCUT2D eigenvalue weighted by atomic mass is 19.1. The standard InChI is InChI=1S/C11H13FO/c1-8(2)7-11(13)9-3-5-10(12)6-4-9/h3-7,11,13H,1-2H3. The minimum absolute atomic E-state index is 0.284. The predicted molar refractivity (Wildman–Crippen MR) is 50.8 cm³/mol. The monoisotopic (exact) mass is 180 g/mol. The Bertz CT molecular complexity index is 296. The van der Waals surface area contributed by atoms with Crippen LogP contribution in [0, 0.1) is 5.82 Å². The lowest BCUT2D eigenvalue weighted by Gasteiger charge is -2.06. The Morgan fingerprint density at radius 3 is 2.31 bits per heavy atom. The van der Waals surface area contributed by atoms with Gasteiger partial charge in [-0.2, -0.15) is 0 Å². The molecule has 70 valence electrons. The second-order valence-electron chi connectivity index (χ2n) is 3.24. The lowest BCUT2D eigenvalue weighted by molar-refractivity contribution is 0.227. The average molecular weight is 180 g/mol. The van der Waals surface area contributed by atoms with E-state index in [4.69, 9.17) is 0 Å². The van der Waals surface area contributed by atoms with Gasteiger partial charge >= 0.3 is 0 Å². The van der Waals surface area contributed by atoms with Gasteiger partial charge in [0.25, 0.3) is 0 Å². The maximum Gasteiger partial charge on any atom is 0.123 e. The highest BCUT2D eigenvalue weighted by Crippen LogP contribution is 2.15. The summed E-state index contributed by atoms with van der Waals surface area (Å²) in [5.74, 6) is -0.284. The maximum absolute atomic E-state index is 12.5. The molecule has 0 fully saturated rings. The summed E-state index contributed by atoms with van der Waals surface area (Å²) in [7, 11) is 0. The van der Waals surface area contributed by atoms with Crippen LogP contribution in [0.15, 0.2) is 35.9 Å². The Labute approximate surface area is 77.5 Å². The molecule has 0 radical (unpaired) electrons. The number of halogens is 1. The Morgan fingerprint density at radius 1 is 1.31 bits per heavy atom. The van der Waals surface area contributed by atoms with Gasteiger partial charge in [0.1, 0.15) is 5.82 Å². The van der Waals surface area contributed by atoms with E-state index in [0.717, 1.165) is 5.57 Å². The van der Waals surface area contributed by atoms with E-state index in [-0.39, 0.29) is 5.82 Å². The summed E-state index contributed by atoms with van der Waals surface area (Å²) in [6, 6.07) is 5.85. The van der Waals surface area contributed by atoms with Crippen molar-refractivity contribution in [3.63, 3.8) is 0 Å². The van der Waals surface area contributed by atoms with E-state index in [0.29, 0.717) is 5.56 Å². The summed E-state index contributed by atoms with van der Waals surface area (Å²) in [6.45, 7) is 3.82. The number of benzene rings is 1. The summed E-state index contributed by atoms with van der Waals surface area (Å²) < 4.78 is 12.5. The third-order valence-corrected chi connectivity index (χ3v) is 1.70. The first-order valence-corrected chi connectivity index (χ1v) is 4.18. The van der Waals surface area contributed by atoms with Gasteiger partial charge in [-0.15, -0.1) is 0 Å². The van der Waals surface area contributed by atoms with Crippen molar-refractivity contribution in [3.8, 4) is 0 Å². The molecule has 13 heavy (non-hydrogen) atoms. The highest BCUT2D eigenvalue weighted by molar-refractivity contribution is 5.22. The lowest BCUT2D eigenvalue weighted by Crippen LogP contribution is -1.93. The van der Waals surface area contributed by atoms with Crippen LogP contribution in [-0.4, -0.2) is 5.11 Å². The zero-order valence-corrected chi connectivity index (χ0v) is 7.79. The SMILES string of the molecule is CC(C)=CC(O)c1ccc(F)cc1. The van der Waals surface area contributed by atoms with Crippen LogP contribution in [0.1, 0.15) is 25.5 Å². The molecule has 0 amide bonds. The van der Waals surface area contributed by atoms with Gasteiger partial charge in [0.2, 0.25) is 0 Å². The molecule has 0 aliphatic heterocycles. The molecule has 0 saturated heterocycles. The van der Waals surface area contributed by atoms with Gasteiger partial charge in [-0.1, -0.05) is 23.8 Å². The molecule has 0 aliphatic carbocycles. The van der Waals surface area contributed by atoms with Crippen LogP contribution in [0.3, 0.4) is 0 Å². The number of hydrogen-bond acceptors (Lipinski definition) is 1. The van der Waals surface area contributed by atoms with Crippen molar-refractivity contribution >= 4 is 0 Å². The van der Waals surface area contributed by atoms with Crippen molar-refractivity contribution < 1.29 is 9.50 Å². The van der Waals surface area contributed by atoms with Crippen LogP contribution in [0.4, 0.5) is 4.39 Å². The molecule has 0 spiro atoms. The Morgan fingerprint density at radius 2 is 1.85 bits per heavy atom. The molecule has 1 nitrogen and oxygen atoms in total. The summed E-state index contributed by atoms with van der Waals surface area (Å²) in [5, 5.41) is 9.58. The van der Waals surface area contributed by atoms with Crippen LogP contribution < -0.4 is 0 Å². The molecule has 2 heteroatoms. The normalized spacial score (nSPS) is 12.3. The van der Waals surface area contributed by atoms with E-state index in [1.165, 1.54) is 12.1 Å². The van der Waals surface area contributed by atoms with E-state index in [2.05, 4.69) is 0 Å². The van der Waals surface area contributed by atoms with Gasteiger partial charge in [-0.25, -0.2) is 4.39 Å². The molecule has 1 N–H and O–H groups in total. The fraction of sp³-hybridized carbons (Fsp3) is 0.273. The van der Waals surface area contributed by atoms with E-state index in [9.17, 15) is 9.50 Å². The maximum atomic E-state index is 12.5. The second-order valence-corrected chi connectivity index (χ2v) is 3.24. The second kappa shape index (κ2) is 4.19. The molecule has 0 bridgehead atoms. The van der Waals surface area contributed by atoms with Gasteiger partial charge in [0, 0.05) is 0 Å². The molecule has 1 rings (SSSR count). The van der Waals surface area contributed by atoms with Gasteiger partial charge in [0.15, 0.2) is 0 Å². The number of aliphatic hydroxyl groups excluding tert-OH is 1. The van der Waals surface area contributed by atoms with Crippen molar-refractivity contribution in [2.45, 2.75) is 20.0 Å². The van der Waals surface area contributed by atoms with Crippen LogP contribution >= 0.6 is 0 Å². The zero-order chi connectivity index (χ0) is 9.84. The number of hydrogen-bond donors (Lipinski definition) is 1. The molecular weight excluding hydrogens is 167 g/mol. The van der Waals surface area contributed by atoms with Gasteiger partial charge < -0.3 is 5.11 Å². The van der Waals surface area contributed by atoms with E-state index < -0.39 is 6.10 Å². The van der Waals surface area contributed by atoms with Crippen LogP contribution in [0.2, 0.25) is 0 Å². The van der Waals surface area contributed by atoms with Crippen LogP contribution in [0.5, 0.6) is 0 Å². The number of aliphatic hydroxyl groups is 1. The zero-order valence-electron chi connectivity index (χ0n) is 7.79. The molecule has 0 aliphatic rings. The van der Waals surface area contributed by atoms with Crippen LogP contribution in [0.25, 0.3) is 0 Å². The fourth-order valence-electron chi connectivity index (χ4n) is 1.07. The lowest BCUT2D eigenvalue weighted by atomic mass is 10.1. The molecule has 1 aromatic carbocycles.